The fraction of sp³-hybridized carbons (Fsp3) is 0.250. The number of rotatable bonds is 5. The SMILES string of the molecule is OCCCNc1oncc1-c1ccccc1. The highest BCUT2D eigenvalue weighted by Gasteiger charge is 2.08. The van der Waals surface area contributed by atoms with Crippen LogP contribution in [0.5, 0.6) is 0 Å². The van der Waals surface area contributed by atoms with Crippen LogP contribution < -0.4 is 5.32 Å². The van der Waals surface area contributed by atoms with Crippen LogP contribution in [0.15, 0.2) is 41.1 Å². The number of aliphatic hydroxyl groups excluding tert-OH is 1. The van der Waals surface area contributed by atoms with Crippen molar-refractivity contribution in [2.45, 2.75) is 6.42 Å². The van der Waals surface area contributed by atoms with E-state index in [0.717, 1.165) is 11.1 Å². The summed E-state index contributed by atoms with van der Waals surface area (Å²) in [6.07, 6.45) is 2.38. The van der Waals surface area contributed by atoms with Crippen molar-refractivity contribution in [3.05, 3.63) is 36.5 Å². The van der Waals surface area contributed by atoms with E-state index >= 15 is 0 Å². The van der Waals surface area contributed by atoms with E-state index in [9.17, 15) is 0 Å². The minimum absolute atomic E-state index is 0.168. The van der Waals surface area contributed by atoms with Gasteiger partial charge in [-0.3, -0.25) is 0 Å². The molecule has 0 amide bonds. The molecule has 0 saturated heterocycles. The van der Waals surface area contributed by atoms with Crippen LogP contribution in [0, 0.1) is 0 Å². The second-order valence-electron chi connectivity index (χ2n) is 3.44. The average Bonchev–Trinajstić information content (AvgIpc) is 2.79. The third-order valence-electron chi connectivity index (χ3n) is 2.28. The van der Waals surface area contributed by atoms with E-state index in [4.69, 9.17) is 9.63 Å². The van der Waals surface area contributed by atoms with Gasteiger partial charge in [0.05, 0.1) is 11.8 Å². The molecular formula is C12H14N2O2. The number of hydrogen-bond acceptors (Lipinski definition) is 4. The zero-order valence-corrected chi connectivity index (χ0v) is 8.89. The van der Waals surface area contributed by atoms with Gasteiger partial charge < -0.3 is 14.9 Å². The first-order chi connectivity index (χ1) is 7.92. The summed E-state index contributed by atoms with van der Waals surface area (Å²) in [6.45, 7) is 0.841. The van der Waals surface area contributed by atoms with Crippen LogP contribution in [0.2, 0.25) is 0 Å². The number of nitrogens with zero attached hydrogens (tertiary/aromatic N) is 1. The molecule has 2 N–H and O–H groups in total. The molecule has 0 radical (unpaired) electrons. The molecular weight excluding hydrogens is 204 g/mol. The first kappa shape index (κ1) is 10.7. The molecule has 0 unspecified atom stereocenters. The van der Waals surface area contributed by atoms with Gasteiger partial charge in [-0.25, -0.2) is 0 Å². The van der Waals surface area contributed by atoms with Crippen LogP contribution in [0.3, 0.4) is 0 Å². The monoisotopic (exact) mass is 218 g/mol. The second-order valence-corrected chi connectivity index (χ2v) is 3.44. The second kappa shape index (κ2) is 5.32. The molecule has 0 spiro atoms. The minimum Gasteiger partial charge on any atom is -0.396 e. The van der Waals surface area contributed by atoms with Gasteiger partial charge in [0.1, 0.15) is 0 Å². The van der Waals surface area contributed by atoms with Crippen molar-refractivity contribution in [3.63, 3.8) is 0 Å². The summed E-state index contributed by atoms with van der Waals surface area (Å²) in [7, 11) is 0. The van der Waals surface area contributed by atoms with Crippen LogP contribution in [0.1, 0.15) is 6.42 Å². The van der Waals surface area contributed by atoms with E-state index in [1.807, 2.05) is 30.3 Å². The Kier molecular flexibility index (Phi) is 3.56. The average molecular weight is 218 g/mol. The number of aromatic nitrogens is 1. The number of hydrogen-bond donors (Lipinski definition) is 2. The van der Waals surface area contributed by atoms with Crippen molar-refractivity contribution < 1.29 is 9.63 Å². The smallest absolute Gasteiger partial charge is 0.232 e. The van der Waals surface area contributed by atoms with E-state index in [1.54, 1.807) is 6.20 Å². The standard InChI is InChI=1S/C12H14N2O2/c15-8-4-7-13-12-11(9-14-16-12)10-5-2-1-3-6-10/h1-3,5-6,9,13,15H,4,7-8H2. The third kappa shape index (κ3) is 2.41. The predicted octanol–water partition coefficient (Wildman–Crippen LogP) is 2.14. The fourth-order valence-corrected chi connectivity index (χ4v) is 1.47. The number of aliphatic hydroxyl groups is 1. The van der Waals surface area contributed by atoms with Crippen molar-refractivity contribution in [1.29, 1.82) is 0 Å². The van der Waals surface area contributed by atoms with Crippen LogP contribution in [-0.2, 0) is 0 Å². The molecule has 16 heavy (non-hydrogen) atoms. The molecule has 0 aliphatic rings. The Hall–Kier alpha value is -1.81. The molecule has 0 aliphatic carbocycles. The normalized spacial score (nSPS) is 10.3. The largest absolute Gasteiger partial charge is 0.396 e. The van der Waals surface area contributed by atoms with Gasteiger partial charge in [-0.05, 0) is 12.0 Å². The van der Waals surface area contributed by atoms with Gasteiger partial charge in [-0.2, -0.15) is 0 Å². The van der Waals surface area contributed by atoms with Crippen molar-refractivity contribution in [2.24, 2.45) is 0 Å². The number of nitrogens with one attached hydrogen (secondary N) is 1. The van der Waals surface area contributed by atoms with Crippen LogP contribution >= 0.6 is 0 Å². The quantitative estimate of drug-likeness (QED) is 0.755. The van der Waals surface area contributed by atoms with Crippen molar-refractivity contribution in [3.8, 4) is 11.1 Å². The molecule has 4 heteroatoms. The Morgan fingerprint density at radius 3 is 2.81 bits per heavy atom. The topological polar surface area (TPSA) is 58.3 Å². The van der Waals surface area contributed by atoms with Crippen molar-refractivity contribution >= 4 is 5.88 Å². The molecule has 0 saturated carbocycles. The molecule has 1 heterocycles. The van der Waals surface area contributed by atoms with Gasteiger partial charge in [0.25, 0.3) is 0 Å². The van der Waals surface area contributed by atoms with E-state index < -0.39 is 0 Å². The third-order valence-corrected chi connectivity index (χ3v) is 2.28. The van der Waals surface area contributed by atoms with E-state index in [-0.39, 0.29) is 6.61 Å². The molecule has 0 aliphatic heterocycles. The summed E-state index contributed by atoms with van der Waals surface area (Å²) in [5.41, 5.74) is 2.01. The van der Waals surface area contributed by atoms with Gasteiger partial charge in [0.2, 0.25) is 5.88 Å². The van der Waals surface area contributed by atoms with Gasteiger partial charge in [-0.15, -0.1) is 0 Å². The Balaban J connectivity index is 2.13. The molecule has 0 atom stereocenters. The zero-order chi connectivity index (χ0) is 11.2. The Labute approximate surface area is 93.9 Å². The Morgan fingerprint density at radius 1 is 1.25 bits per heavy atom. The highest BCUT2D eigenvalue weighted by molar-refractivity contribution is 5.73. The molecule has 2 aromatic rings. The lowest BCUT2D eigenvalue weighted by atomic mass is 10.1. The van der Waals surface area contributed by atoms with Crippen LogP contribution in [-0.4, -0.2) is 23.4 Å². The van der Waals surface area contributed by atoms with E-state index in [1.165, 1.54) is 0 Å². The van der Waals surface area contributed by atoms with Gasteiger partial charge in [0.15, 0.2) is 0 Å². The van der Waals surface area contributed by atoms with E-state index in [2.05, 4.69) is 10.5 Å². The summed E-state index contributed by atoms with van der Waals surface area (Å²) in [4.78, 5) is 0. The summed E-state index contributed by atoms with van der Waals surface area (Å²) in [5.74, 6) is 0.652. The van der Waals surface area contributed by atoms with Crippen molar-refractivity contribution in [2.75, 3.05) is 18.5 Å². The van der Waals surface area contributed by atoms with Gasteiger partial charge in [0, 0.05) is 13.2 Å². The summed E-state index contributed by atoms with van der Waals surface area (Å²) in [5, 5.41) is 15.6. The number of anilines is 1. The predicted molar refractivity (Wildman–Crippen MR) is 62.1 cm³/mol. The Morgan fingerprint density at radius 2 is 2.06 bits per heavy atom. The molecule has 1 aromatic heterocycles. The molecule has 84 valence electrons. The molecule has 0 fully saturated rings. The molecule has 1 aromatic carbocycles. The summed E-state index contributed by atoms with van der Waals surface area (Å²) >= 11 is 0. The Bertz CT molecular complexity index is 426. The van der Waals surface area contributed by atoms with Crippen LogP contribution in [0.25, 0.3) is 11.1 Å². The van der Waals surface area contributed by atoms with Gasteiger partial charge >= 0.3 is 0 Å². The summed E-state index contributed by atoms with van der Waals surface area (Å²) in [6, 6.07) is 9.92. The van der Waals surface area contributed by atoms with Gasteiger partial charge in [-0.1, -0.05) is 35.5 Å². The fourth-order valence-electron chi connectivity index (χ4n) is 1.47. The first-order valence-corrected chi connectivity index (χ1v) is 5.26. The first-order valence-electron chi connectivity index (χ1n) is 5.26. The highest BCUT2D eigenvalue weighted by atomic mass is 16.5. The van der Waals surface area contributed by atoms with E-state index in [0.29, 0.717) is 18.8 Å². The molecule has 0 bridgehead atoms. The highest BCUT2D eigenvalue weighted by Crippen LogP contribution is 2.27. The lowest BCUT2D eigenvalue weighted by Crippen LogP contribution is -2.03. The summed E-state index contributed by atoms with van der Waals surface area (Å²) < 4.78 is 5.12. The lowest BCUT2D eigenvalue weighted by molar-refractivity contribution is 0.292. The van der Waals surface area contributed by atoms with Crippen molar-refractivity contribution in [1.82, 2.24) is 5.16 Å². The molecule has 2 rings (SSSR count). The maximum atomic E-state index is 8.69. The molecule has 4 nitrogen and oxygen atoms in total. The lowest BCUT2D eigenvalue weighted by Gasteiger charge is -2.03. The number of benzene rings is 1. The zero-order valence-electron chi connectivity index (χ0n) is 8.89. The van der Waals surface area contributed by atoms with Crippen LogP contribution in [0.4, 0.5) is 5.88 Å². The maximum Gasteiger partial charge on any atom is 0.232 e. The minimum atomic E-state index is 0.168. The maximum absolute atomic E-state index is 8.69.